The number of amides is 1. The molecule has 22 heavy (non-hydrogen) atoms. The van der Waals surface area contributed by atoms with Crippen molar-refractivity contribution < 1.29 is 22.7 Å². The topological polar surface area (TPSA) is 84.0 Å². The van der Waals surface area contributed by atoms with Crippen molar-refractivity contribution in [2.24, 2.45) is 0 Å². The summed E-state index contributed by atoms with van der Waals surface area (Å²) in [5.41, 5.74) is 0.0535. The molecule has 0 aromatic heterocycles. The monoisotopic (exact) mass is 348 g/mol. The number of sulfonamides is 1. The number of ether oxygens (including phenoxy) is 1. The standard InChI is InChI=1S/C13H17ClN2O5S/c1-15(2)12(17)8-16(3)22(19,20)11-7-9(13(18)21-4)5-6-10(11)14/h5-7H,8H2,1-4H3. The van der Waals surface area contributed by atoms with Gasteiger partial charge in [-0.15, -0.1) is 0 Å². The van der Waals surface area contributed by atoms with Crippen LogP contribution in [0.25, 0.3) is 0 Å². The maximum absolute atomic E-state index is 12.5. The summed E-state index contributed by atoms with van der Waals surface area (Å²) in [6.07, 6.45) is 0. The Hall–Kier alpha value is -1.64. The van der Waals surface area contributed by atoms with Crippen LogP contribution >= 0.6 is 11.6 Å². The van der Waals surface area contributed by atoms with E-state index < -0.39 is 16.0 Å². The van der Waals surface area contributed by atoms with Crippen molar-refractivity contribution >= 4 is 33.5 Å². The fraction of sp³-hybridized carbons (Fsp3) is 0.385. The van der Waals surface area contributed by atoms with Gasteiger partial charge >= 0.3 is 5.97 Å². The Bertz CT molecular complexity index is 688. The largest absolute Gasteiger partial charge is 0.465 e. The molecule has 1 rings (SSSR count). The number of methoxy groups -OCH3 is 1. The zero-order valence-corrected chi connectivity index (χ0v) is 14.2. The van der Waals surface area contributed by atoms with Crippen molar-refractivity contribution in [2.45, 2.75) is 4.90 Å². The number of hydrogen-bond acceptors (Lipinski definition) is 5. The molecule has 0 atom stereocenters. The number of hydrogen-bond donors (Lipinski definition) is 0. The van der Waals surface area contributed by atoms with Crippen molar-refractivity contribution in [3.8, 4) is 0 Å². The number of likely N-dealkylation sites (N-methyl/N-ethyl adjacent to an activating group) is 2. The third kappa shape index (κ3) is 3.96. The summed E-state index contributed by atoms with van der Waals surface area (Å²) in [6, 6.07) is 3.78. The summed E-state index contributed by atoms with van der Waals surface area (Å²) in [5, 5.41) is -0.0446. The lowest BCUT2D eigenvalue weighted by Gasteiger charge is -2.20. The van der Waals surface area contributed by atoms with Crippen LogP contribution < -0.4 is 0 Å². The number of nitrogens with zero attached hydrogens (tertiary/aromatic N) is 2. The third-order valence-corrected chi connectivity index (χ3v) is 5.18. The number of rotatable bonds is 5. The first-order valence-electron chi connectivity index (χ1n) is 6.15. The average Bonchev–Trinajstić information content (AvgIpc) is 2.46. The van der Waals surface area contributed by atoms with Gasteiger partial charge in [0.1, 0.15) is 4.90 Å². The van der Waals surface area contributed by atoms with Crippen LogP contribution in [0.1, 0.15) is 10.4 Å². The molecule has 0 unspecified atom stereocenters. The van der Waals surface area contributed by atoms with E-state index in [-0.39, 0.29) is 27.9 Å². The molecule has 0 saturated heterocycles. The van der Waals surface area contributed by atoms with Crippen LogP contribution in [-0.4, -0.2) is 64.3 Å². The molecule has 0 heterocycles. The van der Waals surface area contributed by atoms with Crippen molar-refractivity contribution in [3.05, 3.63) is 28.8 Å². The van der Waals surface area contributed by atoms with Gasteiger partial charge in [0, 0.05) is 21.1 Å². The molecule has 1 aromatic carbocycles. The van der Waals surface area contributed by atoms with Gasteiger partial charge in [-0.2, -0.15) is 4.31 Å². The van der Waals surface area contributed by atoms with Gasteiger partial charge in [-0.05, 0) is 18.2 Å². The van der Waals surface area contributed by atoms with Gasteiger partial charge < -0.3 is 9.64 Å². The van der Waals surface area contributed by atoms with Gasteiger partial charge in [-0.3, -0.25) is 4.79 Å². The van der Waals surface area contributed by atoms with Crippen LogP contribution in [0.4, 0.5) is 0 Å². The number of halogens is 1. The van der Waals surface area contributed by atoms with E-state index in [0.29, 0.717) is 0 Å². The van der Waals surface area contributed by atoms with Crippen LogP contribution in [0.2, 0.25) is 5.02 Å². The molecule has 1 amide bonds. The van der Waals surface area contributed by atoms with E-state index in [1.54, 1.807) is 0 Å². The highest BCUT2D eigenvalue weighted by Gasteiger charge is 2.27. The molecule has 0 bridgehead atoms. The number of carbonyl (C=O) groups excluding carboxylic acids is 2. The Balaban J connectivity index is 3.22. The van der Waals surface area contributed by atoms with E-state index in [2.05, 4.69) is 4.74 Å². The van der Waals surface area contributed by atoms with Crippen molar-refractivity contribution in [2.75, 3.05) is 34.8 Å². The molecule has 0 aliphatic heterocycles. The molecule has 7 nitrogen and oxygen atoms in total. The maximum Gasteiger partial charge on any atom is 0.337 e. The van der Waals surface area contributed by atoms with Gasteiger partial charge in [0.25, 0.3) is 0 Å². The lowest BCUT2D eigenvalue weighted by molar-refractivity contribution is -0.128. The minimum Gasteiger partial charge on any atom is -0.465 e. The Kier molecular flexibility index (Phi) is 5.92. The van der Waals surface area contributed by atoms with E-state index in [4.69, 9.17) is 11.6 Å². The molecule has 9 heteroatoms. The van der Waals surface area contributed by atoms with E-state index in [1.165, 1.54) is 45.3 Å². The molecule has 0 spiro atoms. The highest BCUT2D eigenvalue weighted by molar-refractivity contribution is 7.89. The summed E-state index contributed by atoms with van der Waals surface area (Å²) in [4.78, 5) is 24.2. The summed E-state index contributed by atoms with van der Waals surface area (Å²) in [5.74, 6) is -1.06. The van der Waals surface area contributed by atoms with Gasteiger partial charge in [-0.1, -0.05) is 11.6 Å². The first-order valence-corrected chi connectivity index (χ1v) is 7.97. The van der Waals surface area contributed by atoms with Crippen molar-refractivity contribution in [1.29, 1.82) is 0 Å². The number of benzene rings is 1. The smallest absolute Gasteiger partial charge is 0.337 e. The van der Waals surface area contributed by atoms with Gasteiger partial charge in [0.2, 0.25) is 15.9 Å². The second kappa shape index (κ2) is 7.08. The second-order valence-electron chi connectivity index (χ2n) is 4.69. The van der Waals surface area contributed by atoms with Gasteiger partial charge in [-0.25, -0.2) is 13.2 Å². The zero-order valence-electron chi connectivity index (χ0n) is 12.7. The zero-order chi connectivity index (χ0) is 17.1. The minimum absolute atomic E-state index is 0.0446. The molecule has 0 aliphatic carbocycles. The Morgan fingerprint density at radius 3 is 2.32 bits per heavy atom. The molecule has 0 radical (unpaired) electrons. The third-order valence-electron chi connectivity index (χ3n) is 2.90. The van der Waals surface area contributed by atoms with Gasteiger partial charge in [0.05, 0.1) is 24.2 Å². The van der Waals surface area contributed by atoms with Crippen LogP contribution in [0.3, 0.4) is 0 Å². The van der Waals surface area contributed by atoms with Crippen molar-refractivity contribution in [1.82, 2.24) is 9.21 Å². The Morgan fingerprint density at radius 1 is 1.23 bits per heavy atom. The fourth-order valence-electron chi connectivity index (χ4n) is 1.53. The highest BCUT2D eigenvalue weighted by Crippen LogP contribution is 2.25. The Morgan fingerprint density at radius 2 is 1.82 bits per heavy atom. The number of carbonyl (C=O) groups is 2. The predicted molar refractivity (Wildman–Crippen MR) is 81.3 cm³/mol. The molecule has 0 fully saturated rings. The number of esters is 1. The summed E-state index contributed by atoms with van der Waals surface area (Å²) in [6.45, 7) is -0.339. The molecule has 0 saturated carbocycles. The van der Waals surface area contributed by atoms with Crippen LogP contribution in [-0.2, 0) is 19.6 Å². The summed E-state index contributed by atoms with van der Waals surface area (Å²) < 4.78 is 30.4. The SMILES string of the molecule is COC(=O)c1ccc(Cl)c(S(=O)(=O)N(C)CC(=O)N(C)C)c1. The summed E-state index contributed by atoms with van der Waals surface area (Å²) >= 11 is 5.92. The fourth-order valence-corrected chi connectivity index (χ4v) is 3.15. The molecular formula is C13H17ClN2O5S. The van der Waals surface area contributed by atoms with E-state index in [1.807, 2.05) is 0 Å². The minimum atomic E-state index is -4.02. The average molecular weight is 349 g/mol. The van der Waals surface area contributed by atoms with E-state index >= 15 is 0 Å². The van der Waals surface area contributed by atoms with Crippen LogP contribution in [0.5, 0.6) is 0 Å². The van der Waals surface area contributed by atoms with Crippen LogP contribution in [0.15, 0.2) is 23.1 Å². The van der Waals surface area contributed by atoms with E-state index in [0.717, 1.165) is 10.4 Å². The van der Waals surface area contributed by atoms with Crippen LogP contribution in [0, 0.1) is 0 Å². The molecule has 0 aliphatic rings. The predicted octanol–water partition coefficient (Wildman–Crippen LogP) is 0.835. The quantitative estimate of drug-likeness (QED) is 0.736. The molecule has 122 valence electrons. The summed E-state index contributed by atoms with van der Waals surface area (Å²) in [7, 11) is 1.48. The highest BCUT2D eigenvalue weighted by atomic mass is 35.5. The lowest BCUT2D eigenvalue weighted by atomic mass is 10.2. The van der Waals surface area contributed by atoms with Gasteiger partial charge in [0.15, 0.2) is 0 Å². The maximum atomic E-state index is 12.5. The second-order valence-corrected chi connectivity index (χ2v) is 7.11. The molecule has 0 N–H and O–H groups in total. The van der Waals surface area contributed by atoms with Crippen molar-refractivity contribution in [3.63, 3.8) is 0 Å². The first kappa shape index (κ1) is 18.4. The first-order chi connectivity index (χ1) is 10.1. The van der Waals surface area contributed by atoms with E-state index in [9.17, 15) is 18.0 Å². The normalized spacial score (nSPS) is 11.4. The molecular weight excluding hydrogens is 332 g/mol. The Labute approximate surface area is 134 Å². The lowest BCUT2D eigenvalue weighted by Crippen LogP contribution is -2.37. The molecule has 1 aromatic rings.